The number of sulfone groups is 1. The van der Waals surface area contributed by atoms with Gasteiger partial charge < -0.3 is 10.2 Å². The van der Waals surface area contributed by atoms with E-state index in [9.17, 15) is 8.42 Å². The van der Waals surface area contributed by atoms with E-state index in [1.807, 2.05) is 14.1 Å². The van der Waals surface area contributed by atoms with Gasteiger partial charge in [-0.15, -0.1) is 0 Å². The Morgan fingerprint density at radius 2 is 1.88 bits per heavy atom. The minimum Gasteiger partial charge on any atom is -0.315 e. The molecule has 1 saturated carbocycles. The lowest BCUT2D eigenvalue weighted by Crippen LogP contribution is -2.48. The first-order valence-corrected chi connectivity index (χ1v) is 8.55. The second kappa shape index (κ2) is 6.71. The molecule has 0 aromatic rings. The molecule has 1 fully saturated rings. The molecule has 0 radical (unpaired) electrons. The minimum atomic E-state index is -2.85. The standard InChI is InChI=1S/C12H26N2O2S/c1-13-11-7-5-4-6-8-12(11)14(2)9-10-17(3,15)16/h11-13H,4-10H2,1-3H3. The number of hydrogen-bond donors (Lipinski definition) is 1. The number of likely N-dealkylation sites (N-methyl/N-ethyl adjacent to an activating group) is 2. The van der Waals surface area contributed by atoms with Gasteiger partial charge in [-0.2, -0.15) is 0 Å². The Morgan fingerprint density at radius 3 is 2.47 bits per heavy atom. The van der Waals surface area contributed by atoms with Gasteiger partial charge in [0.05, 0.1) is 5.75 Å². The quantitative estimate of drug-likeness (QED) is 0.747. The molecule has 1 N–H and O–H groups in total. The summed E-state index contributed by atoms with van der Waals surface area (Å²) in [5.41, 5.74) is 0. The first-order chi connectivity index (χ1) is 7.94. The van der Waals surface area contributed by atoms with E-state index >= 15 is 0 Å². The maximum absolute atomic E-state index is 11.2. The van der Waals surface area contributed by atoms with Crippen molar-refractivity contribution >= 4 is 9.84 Å². The van der Waals surface area contributed by atoms with Crippen LogP contribution >= 0.6 is 0 Å². The van der Waals surface area contributed by atoms with Gasteiger partial charge in [-0.3, -0.25) is 0 Å². The summed E-state index contributed by atoms with van der Waals surface area (Å²) in [5, 5.41) is 3.38. The van der Waals surface area contributed by atoms with Crippen molar-refractivity contribution in [3.63, 3.8) is 0 Å². The van der Waals surface area contributed by atoms with Gasteiger partial charge in [-0.25, -0.2) is 8.42 Å². The van der Waals surface area contributed by atoms with Gasteiger partial charge in [0.2, 0.25) is 0 Å². The van der Waals surface area contributed by atoms with Crippen molar-refractivity contribution in [1.82, 2.24) is 10.2 Å². The molecule has 2 atom stereocenters. The summed E-state index contributed by atoms with van der Waals surface area (Å²) in [4.78, 5) is 2.22. The normalized spacial score (nSPS) is 27.1. The molecule has 17 heavy (non-hydrogen) atoms. The highest BCUT2D eigenvalue weighted by Gasteiger charge is 2.25. The lowest BCUT2D eigenvalue weighted by molar-refractivity contribution is 0.195. The van der Waals surface area contributed by atoms with Crippen LogP contribution in [0.25, 0.3) is 0 Å². The zero-order chi connectivity index (χ0) is 12.9. The highest BCUT2D eigenvalue weighted by Crippen LogP contribution is 2.21. The Balaban J connectivity index is 2.54. The topological polar surface area (TPSA) is 49.4 Å². The molecule has 5 heteroatoms. The van der Waals surface area contributed by atoms with Crippen molar-refractivity contribution in [1.29, 1.82) is 0 Å². The fraction of sp³-hybridized carbons (Fsp3) is 1.00. The molecule has 102 valence electrons. The molecular weight excluding hydrogens is 236 g/mol. The Morgan fingerprint density at radius 1 is 1.24 bits per heavy atom. The number of hydrogen-bond acceptors (Lipinski definition) is 4. The van der Waals surface area contributed by atoms with Gasteiger partial charge in [0.25, 0.3) is 0 Å². The van der Waals surface area contributed by atoms with E-state index in [0.29, 0.717) is 18.6 Å². The average Bonchev–Trinajstić information content (AvgIpc) is 2.49. The summed E-state index contributed by atoms with van der Waals surface area (Å²) in [5.74, 6) is 0.260. The van der Waals surface area contributed by atoms with Gasteiger partial charge in [-0.05, 0) is 26.9 Å². The van der Waals surface area contributed by atoms with Crippen LogP contribution in [0.4, 0.5) is 0 Å². The molecule has 1 aliphatic carbocycles. The van der Waals surface area contributed by atoms with Crippen LogP contribution in [0.5, 0.6) is 0 Å². The molecule has 0 aromatic carbocycles. The van der Waals surface area contributed by atoms with Crippen LogP contribution in [0.15, 0.2) is 0 Å². The predicted octanol–water partition coefficient (Wildman–Crippen LogP) is 0.884. The molecule has 0 bridgehead atoms. The van der Waals surface area contributed by atoms with Crippen molar-refractivity contribution < 1.29 is 8.42 Å². The fourth-order valence-corrected chi connectivity index (χ4v) is 3.25. The average molecular weight is 262 g/mol. The van der Waals surface area contributed by atoms with Crippen LogP contribution in [0, 0.1) is 0 Å². The smallest absolute Gasteiger partial charge is 0.148 e. The highest BCUT2D eigenvalue weighted by atomic mass is 32.2. The lowest BCUT2D eigenvalue weighted by Gasteiger charge is -2.33. The minimum absolute atomic E-state index is 0.260. The van der Waals surface area contributed by atoms with Crippen molar-refractivity contribution in [2.24, 2.45) is 0 Å². The van der Waals surface area contributed by atoms with Gasteiger partial charge >= 0.3 is 0 Å². The van der Waals surface area contributed by atoms with Gasteiger partial charge in [0.15, 0.2) is 0 Å². The summed E-state index contributed by atoms with van der Waals surface area (Å²) < 4.78 is 22.4. The number of rotatable bonds is 5. The first-order valence-electron chi connectivity index (χ1n) is 6.49. The Hall–Kier alpha value is -0.130. The predicted molar refractivity (Wildman–Crippen MR) is 72.1 cm³/mol. The van der Waals surface area contributed by atoms with E-state index in [0.717, 1.165) is 0 Å². The van der Waals surface area contributed by atoms with Crippen molar-refractivity contribution in [3.8, 4) is 0 Å². The molecule has 0 amide bonds. The molecule has 0 saturated heterocycles. The fourth-order valence-electron chi connectivity index (χ4n) is 2.63. The zero-order valence-corrected chi connectivity index (χ0v) is 12.1. The third-order valence-corrected chi connectivity index (χ3v) is 4.66. The van der Waals surface area contributed by atoms with Crippen molar-refractivity contribution in [2.75, 3.05) is 32.6 Å². The third-order valence-electron chi connectivity index (χ3n) is 3.73. The summed E-state index contributed by atoms with van der Waals surface area (Å²) in [7, 11) is 1.20. The molecule has 0 heterocycles. The summed E-state index contributed by atoms with van der Waals surface area (Å²) in [6, 6.07) is 0.978. The van der Waals surface area contributed by atoms with Gasteiger partial charge in [-0.1, -0.05) is 19.3 Å². The maximum Gasteiger partial charge on any atom is 0.148 e. The van der Waals surface area contributed by atoms with Crippen LogP contribution in [-0.4, -0.2) is 58.1 Å². The van der Waals surface area contributed by atoms with Crippen molar-refractivity contribution in [2.45, 2.75) is 44.2 Å². The largest absolute Gasteiger partial charge is 0.315 e. The Kier molecular flexibility index (Phi) is 5.89. The van der Waals surface area contributed by atoms with E-state index in [2.05, 4.69) is 10.2 Å². The van der Waals surface area contributed by atoms with Crippen LogP contribution in [0.3, 0.4) is 0 Å². The zero-order valence-electron chi connectivity index (χ0n) is 11.3. The summed E-state index contributed by atoms with van der Waals surface area (Å²) in [6.45, 7) is 0.641. The summed E-state index contributed by atoms with van der Waals surface area (Å²) in [6.07, 6.45) is 7.52. The Bertz CT molecular complexity index is 316. The second-order valence-electron chi connectivity index (χ2n) is 5.21. The van der Waals surface area contributed by atoms with Crippen LogP contribution in [0.1, 0.15) is 32.1 Å². The van der Waals surface area contributed by atoms with E-state index in [1.165, 1.54) is 38.4 Å². The molecule has 0 spiro atoms. The molecule has 4 nitrogen and oxygen atoms in total. The molecule has 0 aromatic heterocycles. The first kappa shape index (κ1) is 14.9. The monoisotopic (exact) mass is 262 g/mol. The van der Waals surface area contributed by atoms with Crippen molar-refractivity contribution in [3.05, 3.63) is 0 Å². The number of nitrogens with zero attached hydrogens (tertiary/aromatic N) is 1. The van der Waals surface area contributed by atoms with Crippen LogP contribution < -0.4 is 5.32 Å². The highest BCUT2D eigenvalue weighted by molar-refractivity contribution is 7.90. The molecule has 1 rings (SSSR count). The third kappa shape index (κ3) is 5.36. The molecule has 2 unspecified atom stereocenters. The van der Waals surface area contributed by atoms with Gasteiger partial charge in [0, 0.05) is 24.9 Å². The van der Waals surface area contributed by atoms with E-state index in [1.54, 1.807) is 0 Å². The van der Waals surface area contributed by atoms with Crippen LogP contribution in [-0.2, 0) is 9.84 Å². The van der Waals surface area contributed by atoms with Crippen LogP contribution in [0.2, 0.25) is 0 Å². The molecular formula is C12H26N2O2S. The Labute approximate surface area is 106 Å². The van der Waals surface area contributed by atoms with Gasteiger partial charge in [0.1, 0.15) is 9.84 Å². The van der Waals surface area contributed by atoms with E-state index < -0.39 is 9.84 Å². The molecule has 1 aliphatic rings. The second-order valence-corrected chi connectivity index (χ2v) is 7.47. The van der Waals surface area contributed by atoms with E-state index in [4.69, 9.17) is 0 Å². The summed E-state index contributed by atoms with van der Waals surface area (Å²) >= 11 is 0. The van der Waals surface area contributed by atoms with E-state index in [-0.39, 0.29) is 5.75 Å². The SMILES string of the molecule is CNC1CCCCCC1N(C)CCS(C)(=O)=O. The number of nitrogens with one attached hydrogen (secondary N) is 1. The maximum atomic E-state index is 11.2. The lowest BCUT2D eigenvalue weighted by atomic mass is 10.0. The molecule has 0 aliphatic heterocycles.